The molecule has 0 aliphatic rings. The topological polar surface area (TPSA) is 72.8 Å². The summed E-state index contributed by atoms with van der Waals surface area (Å²) >= 11 is 0. The SMILES string of the molecule is CC/C=C\C/C=C\C/C=C\C/C=C\C/C=C\C/C=C\CCC(=O)O[C@@H](CO)COC(=O)CCCCCCCCCCCCC/C=C\CCCCCCCC. The average molecular weight is 751 g/mol. The van der Waals surface area contributed by atoms with Crippen LogP contribution in [0.1, 0.15) is 194 Å². The van der Waals surface area contributed by atoms with Gasteiger partial charge in [0.25, 0.3) is 0 Å². The van der Waals surface area contributed by atoms with Crippen molar-refractivity contribution in [2.75, 3.05) is 13.2 Å². The number of carbonyl (C=O) groups is 2. The van der Waals surface area contributed by atoms with Gasteiger partial charge in [0.2, 0.25) is 0 Å². The Bertz CT molecular complexity index is 1030. The zero-order chi connectivity index (χ0) is 39.3. The maximum atomic E-state index is 12.2. The lowest BCUT2D eigenvalue weighted by molar-refractivity contribution is -0.161. The van der Waals surface area contributed by atoms with Gasteiger partial charge in [0.15, 0.2) is 6.10 Å². The fourth-order valence-corrected chi connectivity index (χ4v) is 5.87. The van der Waals surface area contributed by atoms with E-state index in [4.69, 9.17) is 9.47 Å². The van der Waals surface area contributed by atoms with Crippen LogP contribution in [0.5, 0.6) is 0 Å². The van der Waals surface area contributed by atoms with Crippen LogP contribution in [0.15, 0.2) is 85.1 Å². The fraction of sp³-hybridized carbons (Fsp3) is 0.673. The number of aliphatic hydroxyl groups is 1. The van der Waals surface area contributed by atoms with Crippen molar-refractivity contribution in [2.24, 2.45) is 0 Å². The lowest BCUT2D eigenvalue weighted by atomic mass is 10.0. The molecule has 0 aromatic rings. The molecule has 0 spiro atoms. The van der Waals surface area contributed by atoms with Crippen molar-refractivity contribution in [1.29, 1.82) is 0 Å². The highest BCUT2D eigenvalue weighted by Crippen LogP contribution is 2.14. The van der Waals surface area contributed by atoms with Crippen molar-refractivity contribution in [3.05, 3.63) is 85.1 Å². The quantitative estimate of drug-likeness (QED) is 0.0385. The standard InChI is InChI=1S/C49H82O5/c1-3-5-7-9-11-13-15-17-19-21-23-24-26-27-29-31-33-35-37-39-41-43-48(51)53-46-47(45-50)54-49(52)44-42-40-38-36-34-32-30-28-25-22-20-18-16-14-12-10-8-6-4-2/h6,8,12,14,17-20,25,28,32,34,38,40,47,50H,3-5,7,9-11,13,15-16,21-24,26-27,29-31,33,35-37,39,41-46H2,1-2H3/b8-6-,14-12-,19-17-,20-18-,28-25-,34-32-,40-38-/t47-/m0/s1. The summed E-state index contributed by atoms with van der Waals surface area (Å²) in [6.07, 6.45) is 60.9. The molecule has 5 nitrogen and oxygen atoms in total. The van der Waals surface area contributed by atoms with Crippen LogP contribution in [0.3, 0.4) is 0 Å². The van der Waals surface area contributed by atoms with E-state index in [1.165, 1.54) is 103 Å². The van der Waals surface area contributed by atoms with E-state index in [2.05, 4.69) is 86.8 Å². The molecule has 54 heavy (non-hydrogen) atoms. The van der Waals surface area contributed by atoms with Crippen molar-refractivity contribution < 1.29 is 24.2 Å². The van der Waals surface area contributed by atoms with E-state index >= 15 is 0 Å². The Morgan fingerprint density at radius 3 is 1.28 bits per heavy atom. The van der Waals surface area contributed by atoms with Gasteiger partial charge in [0, 0.05) is 12.8 Å². The van der Waals surface area contributed by atoms with Crippen molar-refractivity contribution in [3.8, 4) is 0 Å². The molecule has 0 radical (unpaired) electrons. The first-order valence-electron chi connectivity index (χ1n) is 22.1. The zero-order valence-corrected chi connectivity index (χ0v) is 35.0. The second-order valence-corrected chi connectivity index (χ2v) is 14.4. The number of hydrogen-bond donors (Lipinski definition) is 1. The molecule has 0 rings (SSSR count). The Kier molecular flexibility index (Phi) is 42.1. The van der Waals surface area contributed by atoms with Crippen LogP contribution in [0.4, 0.5) is 0 Å². The number of hydrogen-bond acceptors (Lipinski definition) is 5. The maximum Gasteiger partial charge on any atom is 0.306 e. The number of rotatable bonds is 39. The number of esters is 2. The lowest BCUT2D eigenvalue weighted by Gasteiger charge is -2.15. The first-order valence-corrected chi connectivity index (χ1v) is 22.1. The van der Waals surface area contributed by atoms with Gasteiger partial charge < -0.3 is 14.6 Å². The Morgan fingerprint density at radius 2 is 0.833 bits per heavy atom. The summed E-state index contributed by atoms with van der Waals surface area (Å²) in [5.41, 5.74) is 0. The normalized spacial score (nSPS) is 13.0. The molecule has 0 aromatic heterocycles. The third kappa shape index (κ3) is 41.8. The Hall–Kier alpha value is -2.92. The van der Waals surface area contributed by atoms with Gasteiger partial charge in [-0.05, 0) is 77.0 Å². The van der Waals surface area contributed by atoms with Crippen LogP contribution in [0.25, 0.3) is 0 Å². The van der Waals surface area contributed by atoms with Crippen LogP contribution in [0, 0.1) is 0 Å². The van der Waals surface area contributed by atoms with Crippen molar-refractivity contribution in [3.63, 3.8) is 0 Å². The average Bonchev–Trinajstić information content (AvgIpc) is 3.17. The summed E-state index contributed by atoms with van der Waals surface area (Å²) in [5, 5.41) is 9.57. The van der Waals surface area contributed by atoms with Crippen molar-refractivity contribution in [2.45, 2.75) is 200 Å². The van der Waals surface area contributed by atoms with Crippen LogP contribution >= 0.6 is 0 Å². The smallest absolute Gasteiger partial charge is 0.306 e. The molecule has 0 unspecified atom stereocenters. The number of allylic oxidation sites excluding steroid dienone is 14. The molecule has 5 heteroatoms. The third-order valence-corrected chi connectivity index (χ3v) is 9.19. The highest BCUT2D eigenvalue weighted by molar-refractivity contribution is 5.70. The lowest BCUT2D eigenvalue weighted by Crippen LogP contribution is -2.28. The van der Waals surface area contributed by atoms with E-state index < -0.39 is 12.1 Å². The van der Waals surface area contributed by atoms with Gasteiger partial charge in [-0.2, -0.15) is 0 Å². The fourth-order valence-electron chi connectivity index (χ4n) is 5.87. The number of ether oxygens (including phenoxy) is 2. The molecule has 0 saturated carbocycles. The van der Waals surface area contributed by atoms with Gasteiger partial charge in [-0.1, -0.05) is 189 Å². The summed E-state index contributed by atoms with van der Waals surface area (Å²) in [6.45, 7) is 3.96. The minimum absolute atomic E-state index is 0.100. The molecular weight excluding hydrogens is 669 g/mol. The van der Waals surface area contributed by atoms with Gasteiger partial charge in [-0.25, -0.2) is 0 Å². The summed E-state index contributed by atoms with van der Waals surface area (Å²) in [5.74, 6) is -0.692. The Labute approximate surface area is 333 Å². The molecule has 0 aromatic carbocycles. The predicted molar refractivity (Wildman–Crippen MR) is 233 cm³/mol. The number of carbonyl (C=O) groups excluding carboxylic acids is 2. The van der Waals surface area contributed by atoms with E-state index in [1.54, 1.807) is 0 Å². The third-order valence-electron chi connectivity index (χ3n) is 9.19. The summed E-state index contributed by atoms with van der Waals surface area (Å²) in [4.78, 5) is 24.3. The number of unbranched alkanes of at least 4 members (excludes halogenated alkanes) is 17. The summed E-state index contributed by atoms with van der Waals surface area (Å²) in [6, 6.07) is 0. The first kappa shape index (κ1) is 51.1. The molecule has 1 N–H and O–H groups in total. The molecule has 0 bridgehead atoms. The van der Waals surface area contributed by atoms with E-state index in [0.717, 1.165) is 57.8 Å². The van der Waals surface area contributed by atoms with Gasteiger partial charge in [-0.15, -0.1) is 0 Å². The number of aliphatic hydroxyl groups excluding tert-OH is 1. The second-order valence-electron chi connectivity index (χ2n) is 14.4. The minimum Gasteiger partial charge on any atom is -0.462 e. The largest absolute Gasteiger partial charge is 0.462 e. The zero-order valence-electron chi connectivity index (χ0n) is 35.0. The molecule has 1 atom stereocenters. The van der Waals surface area contributed by atoms with Gasteiger partial charge in [0.1, 0.15) is 6.61 Å². The highest BCUT2D eigenvalue weighted by Gasteiger charge is 2.15. The Morgan fingerprint density at radius 1 is 0.444 bits per heavy atom. The van der Waals surface area contributed by atoms with E-state index in [-0.39, 0.29) is 25.6 Å². The van der Waals surface area contributed by atoms with Crippen molar-refractivity contribution in [1.82, 2.24) is 0 Å². The predicted octanol–water partition coefficient (Wildman–Crippen LogP) is 14.3. The molecule has 0 aliphatic heterocycles. The van der Waals surface area contributed by atoms with Gasteiger partial charge in [0.05, 0.1) is 6.61 Å². The van der Waals surface area contributed by atoms with Crippen LogP contribution in [-0.2, 0) is 19.1 Å². The molecule has 0 aliphatic carbocycles. The molecule has 0 fully saturated rings. The van der Waals surface area contributed by atoms with E-state index in [1.807, 2.05) is 12.2 Å². The van der Waals surface area contributed by atoms with Crippen LogP contribution < -0.4 is 0 Å². The van der Waals surface area contributed by atoms with E-state index in [9.17, 15) is 14.7 Å². The van der Waals surface area contributed by atoms with Crippen molar-refractivity contribution >= 4 is 11.9 Å². The van der Waals surface area contributed by atoms with Crippen LogP contribution in [0.2, 0.25) is 0 Å². The summed E-state index contributed by atoms with van der Waals surface area (Å²) < 4.78 is 10.6. The maximum absolute atomic E-state index is 12.2. The highest BCUT2D eigenvalue weighted by atomic mass is 16.6. The minimum atomic E-state index is -0.816. The second kappa shape index (κ2) is 44.5. The van der Waals surface area contributed by atoms with Gasteiger partial charge >= 0.3 is 11.9 Å². The van der Waals surface area contributed by atoms with Gasteiger partial charge in [-0.3, -0.25) is 9.59 Å². The molecule has 308 valence electrons. The molecular formula is C49H82O5. The van der Waals surface area contributed by atoms with E-state index in [0.29, 0.717) is 12.8 Å². The monoisotopic (exact) mass is 751 g/mol. The Balaban J connectivity index is 3.65. The molecule has 0 amide bonds. The first-order chi connectivity index (χ1) is 26.6. The summed E-state index contributed by atoms with van der Waals surface area (Å²) in [7, 11) is 0. The molecule has 0 saturated heterocycles. The molecule has 0 heterocycles. The van der Waals surface area contributed by atoms with Crippen LogP contribution in [-0.4, -0.2) is 36.4 Å².